The first-order valence-corrected chi connectivity index (χ1v) is 8.93. The van der Waals surface area contributed by atoms with Gasteiger partial charge < -0.3 is 10.2 Å². The SMILES string of the molecule is CCCN(CCNC(=O)c1ccc(S)cc1)CCC1CCC1. The van der Waals surface area contributed by atoms with Gasteiger partial charge in [-0.1, -0.05) is 26.2 Å². The predicted molar refractivity (Wildman–Crippen MR) is 94.7 cm³/mol. The van der Waals surface area contributed by atoms with Gasteiger partial charge in [-0.15, -0.1) is 12.6 Å². The van der Waals surface area contributed by atoms with Crippen LogP contribution in [0, 0.1) is 5.92 Å². The third-order valence-electron chi connectivity index (χ3n) is 4.46. The summed E-state index contributed by atoms with van der Waals surface area (Å²) >= 11 is 4.23. The Labute approximate surface area is 139 Å². The van der Waals surface area contributed by atoms with Crippen LogP contribution in [0.5, 0.6) is 0 Å². The van der Waals surface area contributed by atoms with E-state index in [2.05, 4.69) is 29.8 Å². The molecule has 0 aromatic heterocycles. The molecule has 1 aromatic rings. The van der Waals surface area contributed by atoms with Gasteiger partial charge in [0, 0.05) is 23.5 Å². The molecule has 0 radical (unpaired) electrons. The van der Waals surface area contributed by atoms with E-state index in [1.54, 1.807) is 0 Å². The molecule has 122 valence electrons. The van der Waals surface area contributed by atoms with Gasteiger partial charge in [0.1, 0.15) is 0 Å². The van der Waals surface area contributed by atoms with Crippen molar-refractivity contribution in [3.63, 3.8) is 0 Å². The maximum Gasteiger partial charge on any atom is 0.251 e. The molecule has 0 aliphatic heterocycles. The van der Waals surface area contributed by atoms with E-state index in [1.165, 1.54) is 38.6 Å². The van der Waals surface area contributed by atoms with E-state index in [-0.39, 0.29) is 5.91 Å². The molecule has 22 heavy (non-hydrogen) atoms. The van der Waals surface area contributed by atoms with Crippen molar-refractivity contribution in [2.45, 2.75) is 43.9 Å². The van der Waals surface area contributed by atoms with E-state index in [0.717, 1.165) is 23.9 Å². The summed E-state index contributed by atoms with van der Waals surface area (Å²) in [7, 11) is 0. The van der Waals surface area contributed by atoms with Crippen LogP contribution in [0.15, 0.2) is 29.2 Å². The quantitative estimate of drug-likeness (QED) is 0.681. The molecule has 1 aliphatic carbocycles. The maximum absolute atomic E-state index is 12.1. The van der Waals surface area contributed by atoms with Gasteiger partial charge >= 0.3 is 0 Å². The van der Waals surface area contributed by atoms with Crippen molar-refractivity contribution < 1.29 is 4.79 Å². The molecule has 0 saturated heterocycles. The number of thiol groups is 1. The lowest BCUT2D eigenvalue weighted by molar-refractivity contribution is 0.0947. The third-order valence-corrected chi connectivity index (χ3v) is 4.76. The smallest absolute Gasteiger partial charge is 0.251 e. The highest BCUT2D eigenvalue weighted by Gasteiger charge is 2.18. The fourth-order valence-electron chi connectivity index (χ4n) is 2.84. The first-order valence-electron chi connectivity index (χ1n) is 8.48. The molecular formula is C18H28N2OS. The minimum Gasteiger partial charge on any atom is -0.351 e. The first-order chi connectivity index (χ1) is 10.7. The molecular weight excluding hydrogens is 292 g/mol. The molecule has 0 heterocycles. The Morgan fingerprint density at radius 2 is 1.95 bits per heavy atom. The first kappa shape index (κ1) is 17.4. The number of nitrogens with zero attached hydrogens (tertiary/aromatic N) is 1. The van der Waals surface area contributed by atoms with E-state index < -0.39 is 0 Å². The zero-order valence-corrected chi connectivity index (χ0v) is 14.4. The van der Waals surface area contributed by atoms with Crippen LogP contribution in [-0.4, -0.2) is 37.0 Å². The van der Waals surface area contributed by atoms with Crippen molar-refractivity contribution in [2.24, 2.45) is 5.92 Å². The predicted octanol–water partition coefficient (Wildman–Crippen LogP) is 3.61. The number of benzene rings is 1. The number of amides is 1. The molecule has 0 bridgehead atoms. The minimum atomic E-state index is 0.00350. The molecule has 4 heteroatoms. The topological polar surface area (TPSA) is 32.3 Å². The number of carbonyl (C=O) groups excluding carboxylic acids is 1. The van der Waals surface area contributed by atoms with Crippen LogP contribution in [0.3, 0.4) is 0 Å². The van der Waals surface area contributed by atoms with Gasteiger partial charge in [0.15, 0.2) is 0 Å². The summed E-state index contributed by atoms with van der Waals surface area (Å²) in [5, 5.41) is 3.02. The van der Waals surface area contributed by atoms with E-state index in [0.29, 0.717) is 12.1 Å². The van der Waals surface area contributed by atoms with Crippen molar-refractivity contribution in [3.8, 4) is 0 Å². The second-order valence-electron chi connectivity index (χ2n) is 6.23. The summed E-state index contributed by atoms with van der Waals surface area (Å²) in [6.07, 6.45) is 6.73. The van der Waals surface area contributed by atoms with Gasteiger partial charge in [0.05, 0.1) is 0 Å². The zero-order chi connectivity index (χ0) is 15.8. The third kappa shape index (κ3) is 5.65. The van der Waals surface area contributed by atoms with E-state index in [1.807, 2.05) is 24.3 Å². The molecule has 1 aromatic carbocycles. The lowest BCUT2D eigenvalue weighted by Gasteiger charge is -2.29. The average molecular weight is 321 g/mol. The van der Waals surface area contributed by atoms with Crippen LogP contribution in [0.25, 0.3) is 0 Å². The van der Waals surface area contributed by atoms with Crippen LogP contribution < -0.4 is 5.32 Å². The van der Waals surface area contributed by atoms with Crippen LogP contribution >= 0.6 is 12.6 Å². The van der Waals surface area contributed by atoms with Gasteiger partial charge in [-0.3, -0.25) is 4.79 Å². The van der Waals surface area contributed by atoms with E-state index in [4.69, 9.17) is 0 Å². The van der Waals surface area contributed by atoms with Gasteiger partial charge in [-0.05, 0) is 56.1 Å². The maximum atomic E-state index is 12.1. The largest absolute Gasteiger partial charge is 0.351 e. The monoisotopic (exact) mass is 320 g/mol. The second-order valence-corrected chi connectivity index (χ2v) is 6.75. The molecule has 2 rings (SSSR count). The Balaban J connectivity index is 1.69. The summed E-state index contributed by atoms with van der Waals surface area (Å²) < 4.78 is 0. The van der Waals surface area contributed by atoms with Crippen molar-refractivity contribution in [1.29, 1.82) is 0 Å². The van der Waals surface area contributed by atoms with Crippen molar-refractivity contribution in [3.05, 3.63) is 29.8 Å². The van der Waals surface area contributed by atoms with Crippen LogP contribution in [0.1, 0.15) is 49.4 Å². The highest BCUT2D eigenvalue weighted by molar-refractivity contribution is 7.80. The fourth-order valence-corrected chi connectivity index (χ4v) is 2.99. The molecule has 3 nitrogen and oxygen atoms in total. The number of hydrogen-bond acceptors (Lipinski definition) is 3. The van der Waals surface area contributed by atoms with Crippen molar-refractivity contribution >= 4 is 18.5 Å². The molecule has 1 saturated carbocycles. The molecule has 0 unspecified atom stereocenters. The number of rotatable bonds is 9. The van der Waals surface area contributed by atoms with Gasteiger partial charge in [0.25, 0.3) is 5.91 Å². The van der Waals surface area contributed by atoms with Crippen molar-refractivity contribution in [2.75, 3.05) is 26.2 Å². The summed E-state index contributed by atoms with van der Waals surface area (Å²) in [5.41, 5.74) is 0.703. The Bertz CT molecular complexity index is 457. The lowest BCUT2D eigenvalue weighted by atomic mass is 9.83. The van der Waals surface area contributed by atoms with Gasteiger partial charge in [-0.25, -0.2) is 0 Å². The number of nitrogens with one attached hydrogen (secondary N) is 1. The summed E-state index contributed by atoms with van der Waals surface area (Å²) in [5.74, 6) is 0.956. The normalized spacial score (nSPS) is 14.9. The Morgan fingerprint density at radius 1 is 1.23 bits per heavy atom. The zero-order valence-electron chi connectivity index (χ0n) is 13.6. The van der Waals surface area contributed by atoms with E-state index >= 15 is 0 Å². The highest BCUT2D eigenvalue weighted by atomic mass is 32.1. The Kier molecular flexibility index (Phi) is 7.26. The second kappa shape index (κ2) is 9.21. The standard InChI is InChI=1S/C18H28N2OS/c1-2-12-20(13-10-15-4-3-5-15)14-11-19-18(21)16-6-8-17(22)9-7-16/h6-9,15,22H,2-5,10-14H2,1H3,(H,19,21). The fraction of sp³-hybridized carbons (Fsp3) is 0.611. The Morgan fingerprint density at radius 3 is 2.55 bits per heavy atom. The van der Waals surface area contributed by atoms with E-state index in [9.17, 15) is 4.79 Å². The summed E-state index contributed by atoms with van der Waals surface area (Å²) in [4.78, 5) is 15.4. The average Bonchev–Trinajstić information content (AvgIpc) is 2.46. The van der Waals surface area contributed by atoms with Gasteiger partial charge in [-0.2, -0.15) is 0 Å². The summed E-state index contributed by atoms with van der Waals surface area (Å²) in [6, 6.07) is 7.33. The molecule has 1 amide bonds. The Hall–Kier alpha value is -1.00. The summed E-state index contributed by atoms with van der Waals surface area (Å²) in [6.45, 7) is 6.16. The minimum absolute atomic E-state index is 0.00350. The molecule has 0 spiro atoms. The highest BCUT2D eigenvalue weighted by Crippen LogP contribution is 2.29. The molecule has 1 N–H and O–H groups in total. The number of carbonyl (C=O) groups is 1. The van der Waals surface area contributed by atoms with Crippen molar-refractivity contribution in [1.82, 2.24) is 10.2 Å². The van der Waals surface area contributed by atoms with Crippen LogP contribution in [-0.2, 0) is 0 Å². The molecule has 1 aliphatic rings. The van der Waals surface area contributed by atoms with Gasteiger partial charge in [0.2, 0.25) is 0 Å². The lowest BCUT2D eigenvalue weighted by Crippen LogP contribution is -2.36. The molecule has 0 atom stereocenters. The molecule has 1 fully saturated rings. The van der Waals surface area contributed by atoms with Crippen LogP contribution in [0.2, 0.25) is 0 Å². The number of hydrogen-bond donors (Lipinski definition) is 2. The van der Waals surface area contributed by atoms with Crippen LogP contribution in [0.4, 0.5) is 0 Å².